The summed E-state index contributed by atoms with van der Waals surface area (Å²) in [6, 6.07) is 0. The molecule has 1 fully saturated rings. The predicted molar refractivity (Wildman–Crippen MR) is 225 cm³/mol. The van der Waals surface area contributed by atoms with Gasteiger partial charge in [-0.2, -0.15) is 0 Å². The van der Waals surface area contributed by atoms with Crippen LogP contribution in [0.3, 0.4) is 0 Å². The van der Waals surface area contributed by atoms with Gasteiger partial charge in [-0.1, -0.05) is 155 Å². The molecular weight excluding hydrogens is 669 g/mol. The molecule has 6 heteroatoms. The highest BCUT2D eigenvalue weighted by molar-refractivity contribution is 6.19. The molecule has 4 unspecified atom stereocenters. The monoisotopic (exact) mass is 751 g/mol. The lowest BCUT2D eigenvalue weighted by Gasteiger charge is -2.44. The molecule has 0 aromatic rings. The van der Waals surface area contributed by atoms with E-state index in [2.05, 4.69) is 13.8 Å². The molecule has 2 aliphatic heterocycles. The van der Waals surface area contributed by atoms with Crippen molar-refractivity contribution in [1.82, 2.24) is 9.80 Å². The average molecular weight is 751 g/mol. The number of rotatable bonds is 30. The Bertz CT molecular complexity index is 1180. The number of carbonyl (C=O) groups is 4. The molecule has 0 spiro atoms. The van der Waals surface area contributed by atoms with Gasteiger partial charge in [0.05, 0.1) is 0 Å². The summed E-state index contributed by atoms with van der Waals surface area (Å²) < 4.78 is 0. The molecule has 4 amide bonds. The second kappa shape index (κ2) is 25.8. The first-order chi connectivity index (χ1) is 26.1. The summed E-state index contributed by atoms with van der Waals surface area (Å²) in [5, 5.41) is 0. The van der Waals surface area contributed by atoms with E-state index in [1.165, 1.54) is 164 Å². The van der Waals surface area contributed by atoms with Gasteiger partial charge in [0, 0.05) is 35.4 Å². The Morgan fingerprint density at radius 2 is 0.630 bits per heavy atom. The molecule has 3 aliphatic rings. The lowest BCUT2D eigenvalue weighted by molar-refractivity contribution is -0.139. The Kier molecular flexibility index (Phi) is 22.1. The van der Waals surface area contributed by atoms with E-state index in [0.29, 0.717) is 35.4 Å². The van der Waals surface area contributed by atoms with E-state index in [1.807, 2.05) is 0 Å². The van der Waals surface area contributed by atoms with E-state index in [-0.39, 0.29) is 23.6 Å². The number of carbonyl (C=O) groups excluding carboxylic acids is 4. The van der Waals surface area contributed by atoms with Crippen LogP contribution in [0.1, 0.15) is 221 Å². The van der Waals surface area contributed by atoms with E-state index in [9.17, 15) is 19.2 Å². The number of nitrogens with zero attached hydrogens (tertiary/aromatic N) is 2. The van der Waals surface area contributed by atoms with Crippen molar-refractivity contribution < 1.29 is 19.2 Å². The van der Waals surface area contributed by atoms with Gasteiger partial charge in [0.2, 0.25) is 0 Å². The van der Waals surface area contributed by atoms with E-state index < -0.39 is 0 Å². The highest BCUT2D eigenvalue weighted by Crippen LogP contribution is 2.48. The number of imide groups is 2. The Hall–Kier alpha value is -2.24. The highest BCUT2D eigenvalue weighted by Gasteiger charge is 2.38. The van der Waals surface area contributed by atoms with E-state index in [1.54, 1.807) is 27.7 Å². The summed E-state index contributed by atoms with van der Waals surface area (Å²) >= 11 is 0. The lowest BCUT2D eigenvalue weighted by atomic mass is 9.61. The van der Waals surface area contributed by atoms with Crippen molar-refractivity contribution in [1.29, 1.82) is 0 Å². The number of amides is 4. The predicted octanol–water partition coefficient (Wildman–Crippen LogP) is 12.8. The molecule has 1 saturated carbocycles. The molecule has 4 atom stereocenters. The van der Waals surface area contributed by atoms with Crippen molar-refractivity contribution in [2.24, 2.45) is 23.7 Å². The van der Waals surface area contributed by atoms with Crippen molar-refractivity contribution in [2.45, 2.75) is 221 Å². The van der Waals surface area contributed by atoms with Crippen LogP contribution in [-0.4, -0.2) is 46.5 Å². The molecule has 308 valence electrons. The fraction of sp³-hybridized carbons (Fsp3) is 0.833. The van der Waals surface area contributed by atoms with Crippen LogP contribution >= 0.6 is 0 Å². The summed E-state index contributed by atoms with van der Waals surface area (Å²) in [5.41, 5.74) is 2.46. The molecule has 0 radical (unpaired) electrons. The summed E-state index contributed by atoms with van der Waals surface area (Å²) in [6.07, 6.45) is 36.7. The van der Waals surface area contributed by atoms with Gasteiger partial charge in [-0.25, -0.2) is 0 Å². The maximum atomic E-state index is 12.4. The van der Waals surface area contributed by atoms with Crippen LogP contribution in [0.5, 0.6) is 0 Å². The van der Waals surface area contributed by atoms with Crippen LogP contribution in [0.2, 0.25) is 0 Å². The van der Waals surface area contributed by atoms with Gasteiger partial charge < -0.3 is 0 Å². The first-order valence-corrected chi connectivity index (χ1v) is 23.2. The molecule has 0 bridgehead atoms. The van der Waals surface area contributed by atoms with Crippen molar-refractivity contribution in [2.75, 3.05) is 13.1 Å². The van der Waals surface area contributed by atoms with Gasteiger partial charge in [-0.05, 0) is 89.9 Å². The summed E-state index contributed by atoms with van der Waals surface area (Å²) in [7, 11) is 0. The first-order valence-electron chi connectivity index (χ1n) is 23.2. The van der Waals surface area contributed by atoms with E-state index in [4.69, 9.17) is 0 Å². The zero-order chi connectivity index (χ0) is 39.3. The third kappa shape index (κ3) is 14.4. The molecule has 1 aliphatic carbocycles. The zero-order valence-electron chi connectivity index (χ0n) is 36.1. The Morgan fingerprint density at radius 3 is 0.963 bits per heavy atom. The normalized spacial score (nSPS) is 22.3. The first kappa shape index (κ1) is 46.1. The molecule has 2 heterocycles. The SMILES string of the molecule is CCCCCCCCC1CCC(CCCCCCCCN2C(=O)C(C)=C(C)C2=O)C(CCCCCCCCN2C(=O)C(C)=C(C)C2=O)C1CCCCCC. The van der Waals surface area contributed by atoms with Gasteiger partial charge >= 0.3 is 0 Å². The molecular formula is C48H82N2O4. The topological polar surface area (TPSA) is 74.8 Å². The van der Waals surface area contributed by atoms with Crippen molar-refractivity contribution in [3.8, 4) is 0 Å². The van der Waals surface area contributed by atoms with Crippen LogP contribution in [0, 0.1) is 23.7 Å². The fourth-order valence-corrected chi connectivity index (χ4v) is 9.95. The van der Waals surface area contributed by atoms with Gasteiger partial charge in [0.1, 0.15) is 0 Å². The zero-order valence-corrected chi connectivity index (χ0v) is 36.1. The minimum atomic E-state index is -0.0918. The standard InChI is InChI=1S/C48H82N2O4/c1-7-9-11-13-18-23-29-41-33-34-42(30-24-19-14-16-21-27-35-49-45(51)37(3)38(4)46(49)52)44(43(41)31-25-12-10-8-2)32-26-20-15-17-22-28-36-50-47(53)39(5)40(6)48(50)54/h41-44H,7-36H2,1-6H3. The Labute approximate surface area is 332 Å². The largest absolute Gasteiger partial charge is 0.275 e. The van der Waals surface area contributed by atoms with E-state index >= 15 is 0 Å². The van der Waals surface area contributed by atoms with Crippen LogP contribution in [0.4, 0.5) is 0 Å². The van der Waals surface area contributed by atoms with E-state index in [0.717, 1.165) is 49.4 Å². The molecule has 0 N–H and O–H groups in total. The maximum Gasteiger partial charge on any atom is 0.256 e. The minimum absolute atomic E-state index is 0.0907. The lowest BCUT2D eigenvalue weighted by Crippen LogP contribution is -2.35. The molecule has 0 saturated heterocycles. The van der Waals surface area contributed by atoms with Crippen LogP contribution in [-0.2, 0) is 19.2 Å². The molecule has 0 aromatic carbocycles. The van der Waals surface area contributed by atoms with Gasteiger partial charge in [0.25, 0.3) is 23.6 Å². The molecule has 54 heavy (non-hydrogen) atoms. The third-order valence-corrected chi connectivity index (χ3v) is 13.8. The van der Waals surface area contributed by atoms with Gasteiger partial charge in [0.15, 0.2) is 0 Å². The summed E-state index contributed by atoms with van der Waals surface area (Å²) in [5.74, 6) is 3.23. The maximum absolute atomic E-state index is 12.4. The number of hydrogen-bond donors (Lipinski definition) is 0. The quantitative estimate of drug-likeness (QED) is 0.0541. The summed E-state index contributed by atoms with van der Waals surface area (Å²) in [6.45, 7) is 12.9. The smallest absolute Gasteiger partial charge is 0.256 e. The van der Waals surface area contributed by atoms with Gasteiger partial charge in [-0.15, -0.1) is 0 Å². The summed E-state index contributed by atoms with van der Waals surface area (Å²) in [4.78, 5) is 52.5. The van der Waals surface area contributed by atoms with Crippen LogP contribution in [0.25, 0.3) is 0 Å². The Morgan fingerprint density at radius 1 is 0.370 bits per heavy atom. The fourth-order valence-electron chi connectivity index (χ4n) is 9.95. The molecule has 0 aromatic heterocycles. The average Bonchev–Trinajstić information content (AvgIpc) is 3.47. The Balaban J connectivity index is 1.46. The van der Waals surface area contributed by atoms with Gasteiger partial charge in [-0.3, -0.25) is 29.0 Å². The second-order valence-electron chi connectivity index (χ2n) is 17.7. The molecule has 3 rings (SSSR count). The number of hydrogen-bond acceptors (Lipinski definition) is 4. The third-order valence-electron chi connectivity index (χ3n) is 13.8. The highest BCUT2D eigenvalue weighted by atomic mass is 16.2. The van der Waals surface area contributed by atoms with Crippen molar-refractivity contribution in [3.63, 3.8) is 0 Å². The van der Waals surface area contributed by atoms with Crippen LogP contribution in [0.15, 0.2) is 22.3 Å². The number of unbranched alkanes of at least 4 members (excludes halogenated alkanes) is 18. The second-order valence-corrected chi connectivity index (χ2v) is 17.7. The van der Waals surface area contributed by atoms with Crippen molar-refractivity contribution in [3.05, 3.63) is 22.3 Å². The molecule has 6 nitrogen and oxygen atoms in total. The van der Waals surface area contributed by atoms with Crippen molar-refractivity contribution >= 4 is 23.6 Å². The minimum Gasteiger partial charge on any atom is -0.275 e. The van der Waals surface area contributed by atoms with Crippen LogP contribution < -0.4 is 0 Å².